The number of aromatic hydroxyl groups is 1. The monoisotopic (exact) mass is 405 g/mol. The van der Waals surface area contributed by atoms with Crippen molar-refractivity contribution in [1.82, 2.24) is 5.32 Å². The lowest BCUT2D eigenvalue weighted by Crippen LogP contribution is -2.28. The number of phenols is 1. The van der Waals surface area contributed by atoms with Crippen LogP contribution in [0.5, 0.6) is 11.5 Å². The van der Waals surface area contributed by atoms with Crippen LogP contribution < -0.4 is 10.1 Å². The summed E-state index contributed by atoms with van der Waals surface area (Å²) in [5.74, 6) is -0.538. The highest BCUT2D eigenvalue weighted by Gasteiger charge is 2.10. The summed E-state index contributed by atoms with van der Waals surface area (Å²) in [5, 5.41) is 12.4. The first kappa shape index (κ1) is 26.2. The Morgan fingerprint density at radius 2 is 1.83 bits per heavy atom. The summed E-state index contributed by atoms with van der Waals surface area (Å²) in [6, 6.07) is 3.23. The smallest absolute Gasteiger partial charge is 0.331 e. The number of hydrogen-bond donors (Lipinski definition) is 2. The van der Waals surface area contributed by atoms with Crippen molar-refractivity contribution < 1.29 is 24.2 Å². The lowest BCUT2D eigenvalue weighted by molar-refractivity contribution is -0.143. The van der Waals surface area contributed by atoms with E-state index in [-0.39, 0.29) is 18.9 Å². The van der Waals surface area contributed by atoms with Crippen LogP contribution in [0.3, 0.4) is 0 Å². The standard InChI is InChI=1S/C21H29NO5.C2H6/c1-14(2)7-6-8-15(3)9-21(25)27-13-20(24)22-12-17-11-19(26-5)18(23)10-16(17)4;1-2/h7,9-11,23H,6,8,12-13H2,1-5H3,(H,22,24);1-2H3/b15-9+;. The fourth-order valence-corrected chi connectivity index (χ4v) is 2.35. The molecule has 0 atom stereocenters. The first-order chi connectivity index (χ1) is 13.7. The summed E-state index contributed by atoms with van der Waals surface area (Å²) in [5.41, 5.74) is 3.77. The van der Waals surface area contributed by atoms with Gasteiger partial charge in [0, 0.05) is 12.6 Å². The quantitative estimate of drug-likeness (QED) is 0.357. The average Bonchev–Trinajstić information content (AvgIpc) is 2.67. The van der Waals surface area contributed by atoms with E-state index in [1.54, 1.807) is 12.1 Å². The minimum absolute atomic E-state index is 0.0470. The number of carbonyl (C=O) groups is 2. The first-order valence-corrected chi connectivity index (χ1v) is 9.83. The van der Waals surface area contributed by atoms with Crippen molar-refractivity contribution in [1.29, 1.82) is 0 Å². The first-order valence-electron chi connectivity index (χ1n) is 9.83. The molecule has 29 heavy (non-hydrogen) atoms. The number of rotatable bonds is 9. The van der Waals surface area contributed by atoms with Crippen LogP contribution >= 0.6 is 0 Å². The predicted octanol–water partition coefficient (Wildman–Crippen LogP) is 4.59. The van der Waals surface area contributed by atoms with Crippen LogP contribution in [0.25, 0.3) is 0 Å². The third-order valence-corrected chi connectivity index (χ3v) is 3.91. The normalized spacial score (nSPS) is 10.4. The molecule has 0 bridgehead atoms. The van der Waals surface area contributed by atoms with Crippen LogP contribution in [0.2, 0.25) is 0 Å². The summed E-state index contributed by atoms with van der Waals surface area (Å²) >= 11 is 0. The van der Waals surface area contributed by atoms with Crippen molar-refractivity contribution in [2.45, 2.75) is 60.9 Å². The summed E-state index contributed by atoms with van der Waals surface area (Å²) in [6.07, 6.45) is 5.17. The van der Waals surface area contributed by atoms with E-state index in [1.807, 2.05) is 41.5 Å². The molecule has 0 aromatic heterocycles. The molecular formula is C23H35NO5. The second kappa shape index (κ2) is 14.3. The van der Waals surface area contributed by atoms with Crippen molar-refractivity contribution in [3.05, 3.63) is 46.6 Å². The molecule has 0 heterocycles. The minimum atomic E-state index is -0.526. The summed E-state index contributed by atoms with van der Waals surface area (Å²) < 4.78 is 10.0. The van der Waals surface area contributed by atoms with Crippen molar-refractivity contribution >= 4 is 11.9 Å². The maximum Gasteiger partial charge on any atom is 0.331 e. The highest BCUT2D eigenvalue weighted by Crippen LogP contribution is 2.28. The van der Waals surface area contributed by atoms with Crippen molar-refractivity contribution in [3.63, 3.8) is 0 Å². The summed E-state index contributed by atoms with van der Waals surface area (Å²) in [6.45, 7) is 11.6. The number of aryl methyl sites for hydroxylation is 1. The van der Waals surface area contributed by atoms with Gasteiger partial charge in [-0.2, -0.15) is 0 Å². The third-order valence-electron chi connectivity index (χ3n) is 3.91. The lowest BCUT2D eigenvalue weighted by atomic mass is 10.1. The Hall–Kier alpha value is -2.76. The van der Waals surface area contributed by atoms with E-state index < -0.39 is 11.9 Å². The van der Waals surface area contributed by atoms with Crippen molar-refractivity contribution in [2.75, 3.05) is 13.7 Å². The third kappa shape index (κ3) is 11.0. The van der Waals surface area contributed by atoms with Gasteiger partial charge in [0.1, 0.15) is 0 Å². The number of allylic oxidation sites excluding steroid dienone is 3. The highest BCUT2D eigenvalue weighted by molar-refractivity contribution is 5.86. The maximum atomic E-state index is 11.9. The number of amides is 1. The molecule has 1 amide bonds. The maximum absolute atomic E-state index is 11.9. The molecule has 0 fully saturated rings. The van der Waals surface area contributed by atoms with E-state index in [0.29, 0.717) is 5.75 Å². The fourth-order valence-electron chi connectivity index (χ4n) is 2.35. The summed E-state index contributed by atoms with van der Waals surface area (Å²) in [4.78, 5) is 23.7. The van der Waals surface area contributed by atoms with Gasteiger partial charge in [-0.25, -0.2) is 4.79 Å². The van der Waals surface area contributed by atoms with Crippen LogP contribution in [0, 0.1) is 6.92 Å². The van der Waals surface area contributed by atoms with E-state index in [0.717, 1.165) is 29.5 Å². The van der Waals surface area contributed by atoms with Gasteiger partial charge in [0.05, 0.1) is 7.11 Å². The number of carbonyl (C=O) groups excluding carboxylic acids is 2. The van der Waals surface area contributed by atoms with E-state index in [4.69, 9.17) is 9.47 Å². The lowest BCUT2D eigenvalue weighted by Gasteiger charge is -2.11. The second-order valence-electron chi connectivity index (χ2n) is 6.65. The van der Waals surface area contributed by atoms with Crippen molar-refractivity contribution in [3.8, 4) is 11.5 Å². The molecular weight excluding hydrogens is 370 g/mol. The van der Waals surface area contributed by atoms with E-state index >= 15 is 0 Å². The molecule has 0 aliphatic heterocycles. The molecule has 6 nitrogen and oxygen atoms in total. The summed E-state index contributed by atoms with van der Waals surface area (Å²) in [7, 11) is 1.46. The largest absolute Gasteiger partial charge is 0.504 e. The Bertz CT molecular complexity index is 731. The molecule has 1 rings (SSSR count). The van der Waals surface area contributed by atoms with Crippen LogP contribution in [-0.2, 0) is 20.9 Å². The van der Waals surface area contributed by atoms with Gasteiger partial charge in [-0.1, -0.05) is 31.1 Å². The van der Waals surface area contributed by atoms with E-state index in [2.05, 4.69) is 11.4 Å². The Labute approximate surface area is 174 Å². The number of methoxy groups -OCH3 is 1. The van der Waals surface area contributed by atoms with Gasteiger partial charge in [0.2, 0.25) is 0 Å². The molecule has 0 spiro atoms. The molecule has 0 saturated heterocycles. The second-order valence-corrected chi connectivity index (χ2v) is 6.65. The molecule has 1 aromatic rings. The molecule has 0 aliphatic rings. The number of hydrogen-bond acceptors (Lipinski definition) is 5. The van der Waals surface area contributed by atoms with Crippen molar-refractivity contribution in [2.24, 2.45) is 0 Å². The fraction of sp³-hybridized carbons (Fsp3) is 0.478. The average molecular weight is 406 g/mol. The SMILES string of the molecule is CC.COc1cc(CNC(=O)COC(=O)/C=C(\C)CCC=C(C)C)c(C)cc1O. The van der Waals surface area contributed by atoms with Gasteiger partial charge in [-0.3, -0.25) is 4.79 Å². The molecule has 0 saturated carbocycles. The Morgan fingerprint density at radius 1 is 1.17 bits per heavy atom. The zero-order valence-corrected chi connectivity index (χ0v) is 18.7. The van der Waals surface area contributed by atoms with Crippen LogP contribution in [0.15, 0.2) is 35.4 Å². The van der Waals surface area contributed by atoms with Gasteiger partial charge < -0.3 is 19.9 Å². The molecule has 162 valence electrons. The molecule has 6 heteroatoms. The molecule has 0 aliphatic carbocycles. The Balaban J connectivity index is 0.00000379. The van der Waals surface area contributed by atoms with Gasteiger partial charge in [0.25, 0.3) is 5.91 Å². The molecule has 0 unspecified atom stereocenters. The highest BCUT2D eigenvalue weighted by atomic mass is 16.5. The zero-order chi connectivity index (χ0) is 22.4. The zero-order valence-electron chi connectivity index (χ0n) is 18.7. The van der Waals surface area contributed by atoms with Gasteiger partial charge in [-0.05, 0) is 63.8 Å². The Morgan fingerprint density at radius 3 is 2.41 bits per heavy atom. The number of nitrogens with one attached hydrogen (secondary N) is 1. The predicted molar refractivity (Wildman–Crippen MR) is 116 cm³/mol. The Kier molecular flexibility index (Phi) is 12.9. The van der Waals surface area contributed by atoms with E-state index in [1.165, 1.54) is 18.8 Å². The minimum Gasteiger partial charge on any atom is -0.504 e. The number of phenolic OH excluding ortho intramolecular Hbond substituents is 1. The number of benzene rings is 1. The van der Waals surface area contributed by atoms with Crippen LogP contribution in [0.4, 0.5) is 0 Å². The van der Waals surface area contributed by atoms with Gasteiger partial charge in [0.15, 0.2) is 18.1 Å². The molecule has 0 radical (unpaired) electrons. The number of ether oxygens (including phenoxy) is 2. The molecule has 2 N–H and O–H groups in total. The van der Waals surface area contributed by atoms with Crippen LogP contribution in [-0.4, -0.2) is 30.7 Å². The van der Waals surface area contributed by atoms with Crippen LogP contribution in [0.1, 0.15) is 58.6 Å². The number of esters is 1. The van der Waals surface area contributed by atoms with Gasteiger partial charge in [-0.15, -0.1) is 0 Å². The molecule has 1 aromatic carbocycles. The van der Waals surface area contributed by atoms with Gasteiger partial charge >= 0.3 is 5.97 Å². The van der Waals surface area contributed by atoms with E-state index in [9.17, 15) is 14.7 Å². The topological polar surface area (TPSA) is 84.9 Å².